The molecule has 0 spiro atoms. The normalized spacial score (nSPS) is 10.3. The summed E-state index contributed by atoms with van der Waals surface area (Å²) in [5.41, 5.74) is 1.31. The van der Waals surface area contributed by atoms with E-state index in [1.807, 2.05) is 19.1 Å². The number of nitrogens with one attached hydrogen (secondary N) is 2. The molecule has 2 amide bonds. The Morgan fingerprint density at radius 1 is 1.27 bits per heavy atom. The summed E-state index contributed by atoms with van der Waals surface area (Å²) in [4.78, 5) is 24.5. The number of rotatable bonds is 5. The molecule has 2 rings (SSSR count). The van der Waals surface area contributed by atoms with Crippen LogP contribution in [0.4, 0.5) is 5.69 Å². The second-order valence-corrected chi connectivity index (χ2v) is 5.88. The maximum atomic E-state index is 12.3. The number of aryl methyl sites for hydroxylation is 1. The molecule has 116 valence electrons. The summed E-state index contributed by atoms with van der Waals surface area (Å²) in [5.74, 6) is -0.512. The van der Waals surface area contributed by atoms with Gasteiger partial charge in [0.1, 0.15) is 5.69 Å². The van der Waals surface area contributed by atoms with Crippen molar-refractivity contribution >= 4 is 40.1 Å². The molecule has 0 bridgehead atoms. The molecule has 1 aromatic heterocycles. The van der Waals surface area contributed by atoms with Crippen molar-refractivity contribution in [3.05, 3.63) is 45.3 Å². The van der Waals surface area contributed by atoms with Gasteiger partial charge in [-0.15, -0.1) is 0 Å². The molecule has 1 heterocycles. The highest BCUT2D eigenvalue weighted by atomic mass is 127. The largest absolute Gasteiger partial charge is 0.351 e. The SMILES string of the molecule is CCCNC(=O)c1c(NC(=O)c2ccccc2I)cnn1C. The number of aromatic nitrogens is 2. The first-order chi connectivity index (χ1) is 10.5. The van der Waals surface area contributed by atoms with Gasteiger partial charge in [-0.2, -0.15) is 5.10 Å². The number of amides is 2. The fourth-order valence-corrected chi connectivity index (χ4v) is 2.59. The standard InChI is InChI=1S/C15H17IN4O2/c1-3-8-17-15(22)13-12(9-18-20(13)2)19-14(21)10-6-4-5-7-11(10)16/h4-7,9H,3,8H2,1-2H3,(H,17,22)(H,19,21). The molecule has 22 heavy (non-hydrogen) atoms. The second-order valence-electron chi connectivity index (χ2n) is 4.72. The van der Waals surface area contributed by atoms with Crippen LogP contribution < -0.4 is 10.6 Å². The van der Waals surface area contributed by atoms with E-state index in [1.54, 1.807) is 19.2 Å². The molecule has 2 N–H and O–H groups in total. The van der Waals surface area contributed by atoms with Crippen molar-refractivity contribution in [2.75, 3.05) is 11.9 Å². The quantitative estimate of drug-likeness (QED) is 0.741. The van der Waals surface area contributed by atoms with Crippen molar-refractivity contribution in [2.24, 2.45) is 7.05 Å². The van der Waals surface area contributed by atoms with E-state index in [-0.39, 0.29) is 11.8 Å². The summed E-state index contributed by atoms with van der Waals surface area (Å²) in [6.07, 6.45) is 2.32. The third-order valence-corrected chi connectivity index (χ3v) is 4.00. The Bertz CT molecular complexity index is 697. The van der Waals surface area contributed by atoms with Crippen LogP contribution in [-0.4, -0.2) is 28.1 Å². The van der Waals surface area contributed by atoms with E-state index in [4.69, 9.17) is 0 Å². The monoisotopic (exact) mass is 412 g/mol. The zero-order chi connectivity index (χ0) is 16.1. The minimum atomic E-state index is -0.262. The van der Waals surface area contributed by atoms with Crippen molar-refractivity contribution in [3.63, 3.8) is 0 Å². The van der Waals surface area contributed by atoms with E-state index in [9.17, 15) is 9.59 Å². The summed E-state index contributed by atoms with van der Waals surface area (Å²) in [5, 5.41) is 9.60. The van der Waals surface area contributed by atoms with Crippen molar-refractivity contribution in [2.45, 2.75) is 13.3 Å². The number of benzene rings is 1. The third-order valence-electron chi connectivity index (χ3n) is 3.06. The van der Waals surface area contributed by atoms with Crippen molar-refractivity contribution in [3.8, 4) is 0 Å². The molecule has 0 unspecified atom stereocenters. The molecule has 0 aliphatic carbocycles. The Labute approximate surface area is 142 Å². The lowest BCUT2D eigenvalue weighted by molar-refractivity contribution is 0.0945. The van der Waals surface area contributed by atoms with Crippen molar-refractivity contribution in [1.29, 1.82) is 0 Å². The first kappa shape index (κ1) is 16.5. The van der Waals surface area contributed by atoms with Gasteiger partial charge in [-0.05, 0) is 41.1 Å². The predicted molar refractivity (Wildman–Crippen MR) is 92.9 cm³/mol. The molecule has 0 saturated carbocycles. The first-order valence-corrected chi connectivity index (χ1v) is 7.98. The predicted octanol–water partition coefficient (Wildman–Crippen LogP) is 2.42. The number of hydrogen-bond acceptors (Lipinski definition) is 3. The molecule has 0 atom stereocenters. The van der Waals surface area contributed by atoms with Crippen LogP contribution in [0.25, 0.3) is 0 Å². The molecule has 7 heteroatoms. The molecular formula is C15H17IN4O2. The van der Waals surface area contributed by atoms with Gasteiger partial charge in [-0.3, -0.25) is 14.3 Å². The van der Waals surface area contributed by atoms with Gasteiger partial charge in [-0.25, -0.2) is 0 Å². The average molecular weight is 412 g/mol. The lowest BCUT2D eigenvalue weighted by Crippen LogP contribution is -2.27. The van der Waals surface area contributed by atoms with Crippen LogP contribution >= 0.6 is 22.6 Å². The third kappa shape index (κ3) is 3.65. The van der Waals surface area contributed by atoms with Gasteiger partial charge in [-0.1, -0.05) is 19.1 Å². The molecule has 6 nitrogen and oxygen atoms in total. The van der Waals surface area contributed by atoms with Crippen molar-refractivity contribution < 1.29 is 9.59 Å². The maximum absolute atomic E-state index is 12.3. The summed E-state index contributed by atoms with van der Waals surface area (Å²) < 4.78 is 2.30. The van der Waals surface area contributed by atoms with Gasteiger partial charge in [0, 0.05) is 17.2 Å². The highest BCUT2D eigenvalue weighted by molar-refractivity contribution is 14.1. The van der Waals surface area contributed by atoms with E-state index in [1.165, 1.54) is 10.9 Å². The second kappa shape index (κ2) is 7.39. The molecule has 0 fully saturated rings. The Balaban J connectivity index is 2.22. The molecular weight excluding hydrogens is 395 g/mol. The number of hydrogen-bond donors (Lipinski definition) is 2. The minimum Gasteiger partial charge on any atom is -0.351 e. The van der Waals surface area contributed by atoms with Crippen molar-refractivity contribution in [1.82, 2.24) is 15.1 Å². The van der Waals surface area contributed by atoms with Gasteiger partial charge >= 0.3 is 0 Å². The molecule has 0 saturated heterocycles. The number of carbonyl (C=O) groups excluding carboxylic acids is 2. The van der Waals surface area contributed by atoms with Crippen LogP contribution in [0.5, 0.6) is 0 Å². The lowest BCUT2D eigenvalue weighted by Gasteiger charge is -2.09. The average Bonchev–Trinajstić information content (AvgIpc) is 2.86. The zero-order valence-electron chi connectivity index (χ0n) is 12.4. The van der Waals surface area contributed by atoms with Gasteiger partial charge < -0.3 is 10.6 Å². The van der Waals surface area contributed by atoms with Gasteiger partial charge in [0.25, 0.3) is 11.8 Å². The van der Waals surface area contributed by atoms with E-state index in [0.717, 1.165) is 9.99 Å². The summed E-state index contributed by atoms with van der Waals surface area (Å²) in [6, 6.07) is 7.26. The van der Waals surface area contributed by atoms with Crippen LogP contribution in [0.1, 0.15) is 34.2 Å². The molecule has 0 radical (unpaired) electrons. The fourth-order valence-electron chi connectivity index (χ4n) is 1.96. The lowest BCUT2D eigenvalue weighted by atomic mass is 10.2. The van der Waals surface area contributed by atoms with Gasteiger partial charge in [0.05, 0.1) is 17.4 Å². The number of anilines is 1. The maximum Gasteiger partial charge on any atom is 0.271 e. The van der Waals surface area contributed by atoms with Gasteiger partial charge in [0.2, 0.25) is 0 Å². The summed E-state index contributed by atoms with van der Waals surface area (Å²) in [7, 11) is 1.67. The smallest absolute Gasteiger partial charge is 0.271 e. The minimum absolute atomic E-state index is 0.250. The summed E-state index contributed by atoms with van der Waals surface area (Å²) >= 11 is 2.10. The fraction of sp³-hybridized carbons (Fsp3) is 0.267. The van der Waals surface area contributed by atoms with E-state index >= 15 is 0 Å². The molecule has 0 aliphatic rings. The highest BCUT2D eigenvalue weighted by Gasteiger charge is 2.19. The van der Waals surface area contributed by atoms with E-state index in [2.05, 4.69) is 38.3 Å². The van der Waals surface area contributed by atoms with Crippen LogP contribution in [0, 0.1) is 3.57 Å². The topological polar surface area (TPSA) is 76.0 Å². The Kier molecular flexibility index (Phi) is 5.53. The molecule has 0 aliphatic heterocycles. The summed E-state index contributed by atoms with van der Waals surface area (Å²) in [6.45, 7) is 2.55. The molecule has 2 aromatic rings. The Morgan fingerprint density at radius 2 is 2.00 bits per heavy atom. The molecule has 1 aromatic carbocycles. The van der Waals surface area contributed by atoms with Crippen LogP contribution in [0.15, 0.2) is 30.5 Å². The Hall–Kier alpha value is -1.90. The number of halogens is 1. The zero-order valence-corrected chi connectivity index (χ0v) is 14.5. The number of carbonyl (C=O) groups is 2. The van der Waals surface area contributed by atoms with E-state index < -0.39 is 0 Å². The van der Waals surface area contributed by atoms with E-state index in [0.29, 0.717) is 23.5 Å². The van der Waals surface area contributed by atoms with Crippen LogP contribution in [0.2, 0.25) is 0 Å². The number of nitrogens with zero attached hydrogens (tertiary/aromatic N) is 2. The Morgan fingerprint density at radius 3 is 2.68 bits per heavy atom. The van der Waals surface area contributed by atoms with Gasteiger partial charge in [0.15, 0.2) is 0 Å². The first-order valence-electron chi connectivity index (χ1n) is 6.90. The highest BCUT2D eigenvalue weighted by Crippen LogP contribution is 2.18. The van der Waals surface area contributed by atoms with Crippen LogP contribution in [-0.2, 0) is 7.05 Å². The van der Waals surface area contributed by atoms with Crippen LogP contribution in [0.3, 0.4) is 0 Å².